The van der Waals surface area contributed by atoms with Crippen molar-refractivity contribution in [1.29, 1.82) is 0 Å². The molecule has 2 heterocycles. The Bertz CT molecular complexity index is 672. The zero-order valence-electron chi connectivity index (χ0n) is 9.71. The maximum absolute atomic E-state index is 5.86. The number of aromatic amines is 1. The Morgan fingerprint density at radius 3 is 2.89 bits per heavy atom. The molecule has 0 bridgehead atoms. The molecule has 0 fully saturated rings. The molecule has 0 aliphatic heterocycles. The maximum atomic E-state index is 5.86. The second kappa shape index (κ2) is 3.99. The van der Waals surface area contributed by atoms with Gasteiger partial charge in [0, 0.05) is 17.4 Å². The molecule has 6 heteroatoms. The monoisotopic (exact) mass is 241 g/mol. The Hall–Kier alpha value is -2.63. The van der Waals surface area contributed by atoms with E-state index in [1.165, 1.54) is 0 Å². The van der Waals surface area contributed by atoms with Crippen LogP contribution in [0.4, 0.5) is 5.69 Å². The number of rotatable bonds is 2. The lowest BCUT2D eigenvalue weighted by atomic mass is 10.1. The Labute approximate surface area is 103 Å². The van der Waals surface area contributed by atoms with Gasteiger partial charge in [-0.25, -0.2) is 0 Å². The van der Waals surface area contributed by atoms with Crippen LogP contribution in [0.1, 0.15) is 5.56 Å². The van der Waals surface area contributed by atoms with Gasteiger partial charge in [0.1, 0.15) is 0 Å². The minimum absolute atomic E-state index is 0.429. The summed E-state index contributed by atoms with van der Waals surface area (Å²) in [7, 11) is 0. The van der Waals surface area contributed by atoms with Crippen LogP contribution in [0.3, 0.4) is 0 Å². The largest absolute Gasteiger partial charge is 0.398 e. The Balaban J connectivity index is 2.00. The van der Waals surface area contributed by atoms with E-state index in [9.17, 15) is 0 Å². The molecule has 0 aliphatic rings. The Morgan fingerprint density at radius 1 is 1.28 bits per heavy atom. The fourth-order valence-electron chi connectivity index (χ4n) is 1.61. The van der Waals surface area contributed by atoms with E-state index in [1.54, 1.807) is 12.4 Å². The molecule has 0 amide bonds. The van der Waals surface area contributed by atoms with Crippen LogP contribution in [0.5, 0.6) is 0 Å². The highest BCUT2D eigenvalue weighted by atomic mass is 16.5. The van der Waals surface area contributed by atoms with Gasteiger partial charge < -0.3 is 10.3 Å². The van der Waals surface area contributed by atoms with Crippen molar-refractivity contribution in [3.8, 4) is 22.8 Å². The molecule has 0 spiro atoms. The summed E-state index contributed by atoms with van der Waals surface area (Å²) < 4.78 is 5.17. The predicted molar refractivity (Wildman–Crippen MR) is 66.5 cm³/mol. The van der Waals surface area contributed by atoms with Gasteiger partial charge in [0.25, 0.3) is 5.89 Å². The number of hydrogen-bond donors (Lipinski definition) is 2. The summed E-state index contributed by atoms with van der Waals surface area (Å²) >= 11 is 0. The van der Waals surface area contributed by atoms with Gasteiger partial charge >= 0.3 is 0 Å². The lowest BCUT2D eigenvalue weighted by Crippen LogP contribution is -1.90. The summed E-state index contributed by atoms with van der Waals surface area (Å²) in [5.74, 6) is 0.941. The Morgan fingerprint density at radius 2 is 2.17 bits per heavy atom. The van der Waals surface area contributed by atoms with Crippen LogP contribution in [0.2, 0.25) is 0 Å². The molecular weight excluding hydrogens is 230 g/mol. The number of nitrogens with zero attached hydrogens (tertiary/aromatic N) is 3. The van der Waals surface area contributed by atoms with Gasteiger partial charge in [0.2, 0.25) is 5.82 Å². The van der Waals surface area contributed by atoms with Gasteiger partial charge in [-0.3, -0.25) is 5.10 Å². The molecule has 0 atom stereocenters. The van der Waals surface area contributed by atoms with Gasteiger partial charge in [0.05, 0.1) is 11.8 Å². The van der Waals surface area contributed by atoms with E-state index in [1.807, 2.05) is 25.1 Å². The van der Waals surface area contributed by atoms with Crippen molar-refractivity contribution in [3.63, 3.8) is 0 Å². The van der Waals surface area contributed by atoms with Gasteiger partial charge in [-0.15, -0.1) is 0 Å². The molecular formula is C12H11N5O. The normalized spacial score (nSPS) is 10.7. The molecule has 0 unspecified atom stereocenters. The molecule has 18 heavy (non-hydrogen) atoms. The summed E-state index contributed by atoms with van der Waals surface area (Å²) in [6.07, 6.45) is 3.32. The van der Waals surface area contributed by atoms with E-state index in [0.717, 1.165) is 16.7 Å². The fraction of sp³-hybridized carbons (Fsp3) is 0.0833. The van der Waals surface area contributed by atoms with Crippen molar-refractivity contribution in [2.24, 2.45) is 0 Å². The second-order valence-corrected chi connectivity index (χ2v) is 3.98. The van der Waals surface area contributed by atoms with Crippen molar-refractivity contribution in [3.05, 3.63) is 36.2 Å². The van der Waals surface area contributed by atoms with Crippen LogP contribution < -0.4 is 5.73 Å². The number of hydrogen-bond acceptors (Lipinski definition) is 5. The average Bonchev–Trinajstić information content (AvgIpc) is 3.01. The predicted octanol–water partition coefficient (Wildman–Crippen LogP) is 2.02. The van der Waals surface area contributed by atoms with Crippen molar-refractivity contribution in [2.45, 2.75) is 6.92 Å². The van der Waals surface area contributed by atoms with Crippen LogP contribution in [-0.2, 0) is 0 Å². The highest BCUT2D eigenvalue weighted by Crippen LogP contribution is 2.24. The Kier molecular flexibility index (Phi) is 2.33. The molecule has 2 aromatic heterocycles. The third-order valence-electron chi connectivity index (χ3n) is 2.71. The average molecular weight is 241 g/mol. The SMILES string of the molecule is Cc1ccc(-c2noc(-c3cn[nH]c3)n2)cc1N. The molecule has 0 saturated carbocycles. The van der Waals surface area contributed by atoms with E-state index in [2.05, 4.69) is 20.3 Å². The summed E-state index contributed by atoms with van der Waals surface area (Å²) in [5.41, 5.74) is 9.18. The molecule has 0 aliphatic carbocycles. The van der Waals surface area contributed by atoms with Crippen molar-refractivity contribution in [2.75, 3.05) is 5.73 Å². The van der Waals surface area contributed by atoms with E-state index >= 15 is 0 Å². The quantitative estimate of drug-likeness (QED) is 0.669. The van der Waals surface area contributed by atoms with Crippen molar-refractivity contribution >= 4 is 5.69 Å². The van der Waals surface area contributed by atoms with E-state index in [0.29, 0.717) is 17.4 Å². The van der Waals surface area contributed by atoms with Crippen LogP contribution in [0.15, 0.2) is 35.1 Å². The standard InChI is InChI=1S/C12H11N5O/c1-7-2-3-8(4-10(7)13)11-16-12(18-17-11)9-5-14-15-6-9/h2-6H,13H2,1H3,(H,14,15). The highest BCUT2D eigenvalue weighted by Gasteiger charge is 2.11. The number of H-pyrrole nitrogens is 1. The zero-order chi connectivity index (χ0) is 12.5. The summed E-state index contributed by atoms with van der Waals surface area (Å²) in [4.78, 5) is 4.30. The second-order valence-electron chi connectivity index (χ2n) is 3.98. The summed E-state index contributed by atoms with van der Waals surface area (Å²) in [6, 6.07) is 5.67. The van der Waals surface area contributed by atoms with Crippen LogP contribution >= 0.6 is 0 Å². The van der Waals surface area contributed by atoms with Gasteiger partial charge in [-0.1, -0.05) is 17.3 Å². The van der Waals surface area contributed by atoms with E-state index < -0.39 is 0 Å². The molecule has 3 N–H and O–H groups in total. The first-order valence-corrected chi connectivity index (χ1v) is 5.43. The third kappa shape index (κ3) is 1.73. The third-order valence-corrected chi connectivity index (χ3v) is 2.71. The zero-order valence-corrected chi connectivity index (χ0v) is 9.71. The molecule has 3 aromatic rings. The first-order valence-electron chi connectivity index (χ1n) is 5.43. The van der Waals surface area contributed by atoms with Gasteiger partial charge in [0.15, 0.2) is 0 Å². The number of aryl methyl sites for hydroxylation is 1. The van der Waals surface area contributed by atoms with E-state index in [-0.39, 0.29) is 0 Å². The molecule has 0 saturated heterocycles. The fourth-order valence-corrected chi connectivity index (χ4v) is 1.61. The molecule has 0 radical (unpaired) electrons. The van der Waals surface area contributed by atoms with Gasteiger partial charge in [-0.05, 0) is 18.6 Å². The van der Waals surface area contributed by atoms with Crippen LogP contribution in [0, 0.1) is 6.92 Å². The van der Waals surface area contributed by atoms with Crippen molar-refractivity contribution in [1.82, 2.24) is 20.3 Å². The minimum Gasteiger partial charge on any atom is -0.398 e. The summed E-state index contributed by atoms with van der Waals surface area (Å²) in [5, 5.41) is 10.5. The number of aromatic nitrogens is 4. The topological polar surface area (TPSA) is 93.6 Å². The first kappa shape index (κ1) is 10.5. The molecule has 90 valence electrons. The minimum atomic E-state index is 0.429. The number of anilines is 1. The van der Waals surface area contributed by atoms with Crippen LogP contribution in [0.25, 0.3) is 22.8 Å². The van der Waals surface area contributed by atoms with Crippen LogP contribution in [-0.4, -0.2) is 20.3 Å². The lowest BCUT2D eigenvalue weighted by molar-refractivity contribution is 0.432. The number of nitrogens with two attached hydrogens (primary N) is 1. The number of nitrogens with one attached hydrogen (secondary N) is 1. The smallest absolute Gasteiger partial charge is 0.261 e. The molecule has 6 nitrogen and oxygen atoms in total. The first-order chi connectivity index (χ1) is 8.74. The summed E-state index contributed by atoms with van der Waals surface area (Å²) in [6.45, 7) is 1.95. The lowest BCUT2D eigenvalue weighted by Gasteiger charge is -2.00. The highest BCUT2D eigenvalue weighted by molar-refractivity contribution is 5.64. The molecule has 1 aromatic carbocycles. The van der Waals surface area contributed by atoms with Crippen molar-refractivity contribution < 1.29 is 4.52 Å². The molecule has 3 rings (SSSR count). The van der Waals surface area contributed by atoms with Gasteiger partial charge in [-0.2, -0.15) is 10.1 Å². The number of benzene rings is 1. The van der Waals surface area contributed by atoms with E-state index in [4.69, 9.17) is 10.3 Å². The number of nitrogen functional groups attached to an aromatic ring is 1. The maximum Gasteiger partial charge on any atom is 0.261 e.